The molecule has 12 heteroatoms. The molecule has 1 N–H and O–H groups in total. The molecule has 0 aliphatic heterocycles. The number of hydrogen-bond donors (Lipinski definition) is 1. The summed E-state index contributed by atoms with van der Waals surface area (Å²) in [5.41, 5.74) is 0.933. The molecular weight excluding hydrogens is 525 g/mol. The van der Waals surface area contributed by atoms with Gasteiger partial charge in [-0.25, -0.2) is 9.78 Å². The van der Waals surface area contributed by atoms with Crippen molar-refractivity contribution < 1.29 is 9.53 Å². The normalized spacial score (nSPS) is 11.8. The first kappa shape index (κ1) is 26.0. The Kier molecular flexibility index (Phi) is 7.05. The Balaban J connectivity index is 1.54. The van der Waals surface area contributed by atoms with Crippen molar-refractivity contribution in [3.8, 4) is 17.0 Å². The number of hydrogen-bond acceptors (Lipinski definition) is 6. The van der Waals surface area contributed by atoms with Gasteiger partial charge in [0, 0.05) is 31.2 Å². The number of rotatable bonds is 6. The van der Waals surface area contributed by atoms with E-state index < -0.39 is 11.2 Å². The first-order valence-corrected chi connectivity index (χ1v) is 12.6. The number of ether oxygens (including phenoxy) is 1. The van der Waals surface area contributed by atoms with Crippen LogP contribution in [-0.2, 0) is 25.4 Å². The van der Waals surface area contributed by atoms with Crippen LogP contribution in [0, 0.1) is 5.41 Å². The summed E-state index contributed by atoms with van der Waals surface area (Å²) < 4.78 is 9.78. The number of nitrogens with zero attached hydrogens (tertiary/aromatic N) is 4. The number of aryl methyl sites for hydroxylation is 1. The molecule has 1 aromatic carbocycles. The van der Waals surface area contributed by atoms with Crippen LogP contribution in [0.15, 0.2) is 39.4 Å². The summed E-state index contributed by atoms with van der Waals surface area (Å²) in [5, 5.41) is 5.64. The van der Waals surface area contributed by atoms with Crippen LogP contribution in [-0.4, -0.2) is 31.2 Å². The van der Waals surface area contributed by atoms with E-state index in [9.17, 15) is 14.4 Å². The van der Waals surface area contributed by atoms with Crippen molar-refractivity contribution >= 4 is 56.6 Å². The Morgan fingerprint density at radius 3 is 2.56 bits per heavy atom. The van der Waals surface area contributed by atoms with E-state index in [-0.39, 0.29) is 23.4 Å². The lowest BCUT2D eigenvalue weighted by atomic mass is 9.99. The third-order valence-corrected chi connectivity index (χ3v) is 6.85. The molecule has 190 valence electrons. The quantitative estimate of drug-likeness (QED) is 0.380. The Hall–Kier alpha value is -3.08. The zero-order chi connectivity index (χ0) is 26.4. The fourth-order valence-electron chi connectivity index (χ4n) is 3.59. The molecule has 0 spiro atoms. The van der Waals surface area contributed by atoms with Gasteiger partial charge in [-0.15, -0.1) is 11.3 Å². The molecule has 36 heavy (non-hydrogen) atoms. The van der Waals surface area contributed by atoms with E-state index in [1.807, 2.05) is 20.8 Å². The molecule has 3 aromatic heterocycles. The van der Waals surface area contributed by atoms with Crippen molar-refractivity contribution in [3.05, 3.63) is 60.7 Å². The van der Waals surface area contributed by atoms with Crippen LogP contribution >= 0.6 is 34.5 Å². The summed E-state index contributed by atoms with van der Waals surface area (Å²) in [6.45, 7) is 6.44. The van der Waals surface area contributed by atoms with E-state index in [0.717, 1.165) is 4.57 Å². The number of amides is 1. The van der Waals surface area contributed by atoms with Crippen LogP contribution in [0.2, 0.25) is 10.0 Å². The molecule has 0 radical (unpaired) electrons. The second-order valence-electron chi connectivity index (χ2n) is 9.56. The summed E-state index contributed by atoms with van der Waals surface area (Å²) in [4.78, 5) is 42.0. The molecule has 1 amide bonds. The van der Waals surface area contributed by atoms with Gasteiger partial charge >= 0.3 is 5.69 Å². The van der Waals surface area contributed by atoms with Crippen LogP contribution < -0.4 is 21.3 Å². The molecule has 0 fully saturated rings. The number of fused-ring (bicyclic) bond motifs is 1. The van der Waals surface area contributed by atoms with Gasteiger partial charge < -0.3 is 14.6 Å². The second-order valence-corrected chi connectivity index (χ2v) is 11.2. The molecule has 9 nitrogen and oxygen atoms in total. The fourth-order valence-corrected chi connectivity index (χ4v) is 4.89. The van der Waals surface area contributed by atoms with Crippen LogP contribution in [0.3, 0.4) is 0 Å². The molecule has 0 saturated heterocycles. The highest BCUT2D eigenvalue weighted by atomic mass is 35.5. The summed E-state index contributed by atoms with van der Waals surface area (Å²) in [5.74, 6) is 0.0144. The van der Waals surface area contributed by atoms with Gasteiger partial charge in [-0.2, -0.15) is 0 Å². The van der Waals surface area contributed by atoms with Crippen LogP contribution in [0.1, 0.15) is 20.8 Å². The first-order valence-electron chi connectivity index (χ1n) is 11.0. The van der Waals surface area contributed by atoms with Crippen molar-refractivity contribution in [2.45, 2.75) is 27.3 Å². The number of thiazole rings is 1. The molecule has 0 bridgehead atoms. The maximum Gasteiger partial charge on any atom is 0.331 e. The lowest BCUT2D eigenvalue weighted by molar-refractivity contribution is -0.116. The van der Waals surface area contributed by atoms with Gasteiger partial charge in [-0.1, -0.05) is 44.0 Å². The Labute approximate surface area is 220 Å². The second kappa shape index (κ2) is 9.76. The van der Waals surface area contributed by atoms with Crippen molar-refractivity contribution in [2.75, 3.05) is 11.9 Å². The van der Waals surface area contributed by atoms with Gasteiger partial charge in [-0.05, 0) is 23.6 Å². The van der Waals surface area contributed by atoms with Gasteiger partial charge in [0.05, 0.1) is 27.9 Å². The van der Waals surface area contributed by atoms with E-state index in [1.54, 1.807) is 36.8 Å². The highest BCUT2D eigenvalue weighted by Gasteiger charge is 2.20. The lowest BCUT2D eigenvalue weighted by Gasteiger charge is -2.20. The van der Waals surface area contributed by atoms with Gasteiger partial charge in [0.2, 0.25) is 5.91 Å². The predicted molar refractivity (Wildman–Crippen MR) is 144 cm³/mol. The topological polar surface area (TPSA) is 100 Å². The average molecular weight is 550 g/mol. The minimum Gasteiger partial charge on any atom is -0.490 e. The molecule has 0 aliphatic carbocycles. The molecule has 0 unspecified atom stereocenters. The number of aromatic nitrogens is 4. The number of halogens is 2. The Morgan fingerprint density at radius 2 is 1.86 bits per heavy atom. The number of anilines is 1. The van der Waals surface area contributed by atoms with Gasteiger partial charge in [0.1, 0.15) is 12.1 Å². The largest absolute Gasteiger partial charge is 0.490 e. The smallest absolute Gasteiger partial charge is 0.331 e. The maximum absolute atomic E-state index is 12.8. The van der Waals surface area contributed by atoms with E-state index >= 15 is 0 Å². The van der Waals surface area contributed by atoms with Crippen LogP contribution in [0.4, 0.5) is 5.13 Å². The van der Waals surface area contributed by atoms with Gasteiger partial charge in [0.25, 0.3) is 5.56 Å². The molecule has 0 aliphatic rings. The third kappa shape index (κ3) is 5.07. The minimum absolute atomic E-state index is 0.0787. The van der Waals surface area contributed by atoms with E-state index in [1.165, 1.54) is 27.5 Å². The van der Waals surface area contributed by atoms with Gasteiger partial charge in [0.15, 0.2) is 10.9 Å². The summed E-state index contributed by atoms with van der Waals surface area (Å²) in [6.07, 6.45) is 1.60. The number of benzene rings is 1. The Bertz CT molecular complexity index is 1590. The molecule has 0 saturated carbocycles. The number of carbonyl (C=O) groups is 1. The van der Waals surface area contributed by atoms with Gasteiger partial charge in [-0.3, -0.25) is 18.7 Å². The summed E-state index contributed by atoms with van der Waals surface area (Å²) in [7, 11) is 2.98. The molecule has 0 atom stereocenters. The standard InChI is InChI=1S/C24H25Cl2N5O4S/c1-24(2,3)12-35-20-14(25)7-6-13(18(20)26)15-11-36-22(27-15)28-17(32)10-31-9-8-16-19(31)21(33)30(5)23(34)29(16)4/h6-9,11H,10,12H2,1-5H3,(H,27,28,32). The number of nitrogens with one attached hydrogen (secondary N) is 1. The minimum atomic E-state index is -0.468. The Morgan fingerprint density at radius 1 is 1.14 bits per heavy atom. The van der Waals surface area contributed by atoms with E-state index in [4.69, 9.17) is 27.9 Å². The lowest BCUT2D eigenvalue weighted by Crippen LogP contribution is -2.37. The maximum atomic E-state index is 12.8. The number of carbonyl (C=O) groups excluding carboxylic acids is 1. The average Bonchev–Trinajstić information content (AvgIpc) is 3.42. The van der Waals surface area contributed by atoms with E-state index in [2.05, 4.69) is 10.3 Å². The molecule has 3 heterocycles. The SMILES string of the molecule is Cn1c(=O)c2c(ccn2CC(=O)Nc2nc(-c3ccc(Cl)c(OCC(C)(C)C)c3Cl)cs2)n(C)c1=O. The zero-order valence-corrected chi connectivity index (χ0v) is 22.7. The highest BCUT2D eigenvalue weighted by Crippen LogP contribution is 2.41. The predicted octanol–water partition coefficient (Wildman–Crippen LogP) is 4.53. The van der Waals surface area contributed by atoms with Crippen LogP contribution in [0.25, 0.3) is 22.3 Å². The van der Waals surface area contributed by atoms with Crippen molar-refractivity contribution in [1.29, 1.82) is 0 Å². The summed E-state index contributed by atoms with van der Waals surface area (Å²) >= 11 is 14.2. The third-order valence-electron chi connectivity index (χ3n) is 5.42. The first-order chi connectivity index (χ1) is 16.9. The van der Waals surface area contributed by atoms with Crippen molar-refractivity contribution in [1.82, 2.24) is 18.7 Å². The monoisotopic (exact) mass is 549 g/mol. The van der Waals surface area contributed by atoms with Crippen LogP contribution in [0.5, 0.6) is 5.75 Å². The zero-order valence-electron chi connectivity index (χ0n) is 20.4. The van der Waals surface area contributed by atoms with Crippen molar-refractivity contribution in [3.63, 3.8) is 0 Å². The molecule has 4 rings (SSSR count). The fraction of sp³-hybridized carbons (Fsp3) is 0.333. The van der Waals surface area contributed by atoms with Crippen molar-refractivity contribution in [2.24, 2.45) is 19.5 Å². The molecule has 4 aromatic rings. The van der Waals surface area contributed by atoms with E-state index in [0.29, 0.717) is 44.3 Å². The molecular formula is C24H25Cl2N5O4S. The highest BCUT2D eigenvalue weighted by molar-refractivity contribution is 7.14. The summed E-state index contributed by atoms with van der Waals surface area (Å²) in [6, 6.07) is 5.08.